The maximum atomic E-state index is 12.6. The quantitative estimate of drug-likeness (QED) is 0.786. The minimum Gasteiger partial charge on any atom is -0.351 e. The van der Waals surface area contributed by atoms with Crippen LogP contribution < -0.4 is 10.0 Å². The summed E-state index contributed by atoms with van der Waals surface area (Å²) in [6, 6.07) is 8.15. The second kappa shape index (κ2) is 7.07. The van der Waals surface area contributed by atoms with E-state index in [2.05, 4.69) is 16.6 Å². The molecule has 0 heterocycles. The number of hydrogen-bond donors (Lipinski definition) is 2. The highest BCUT2D eigenvalue weighted by Crippen LogP contribution is 2.30. The van der Waals surface area contributed by atoms with Crippen molar-refractivity contribution in [3.63, 3.8) is 0 Å². The van der Waals surface area contributed by atoms with E-state index in [0.29, 0.717) is 19.4 Å². The number of rotatable bonds is 6. The van der Waals surface area contributed by atoms with Crippen LogP contribution in [-0.2, 0) is 14.8 Å². The van der Waals surface area contributed by atoms with Crippen LogP contribution in [0, 0.1) is 0 Å². The summed E-state index contributed by atoms with van der Waals surface area (Å²) in [5, 5.41) is 2.73. The Kier molecular flexibility index (Phi) is 5.37. The first-order valence-corrected chi connectivity index (χ1v) is 8.97. The van der Waals surface area contributed by atoms with Crippen molar-refractivity contribution in [2.45, 2.75) is 42.5 Å². The lowest BCUT2D eigenvalue weighted by Gasteiger charge is -2.36. The Morgan fingerprint density at radius 2 is 1.82 bits per heavy atom. The van der Waals surface area contributed by atoms with E-state index in [0.717, 1.165) is 19.3 Å². The summed E-state index contributed by atoms with van der Waals surface area (Å²) in [6.07, 6.45) is 5.30. The Bertz CT molecular complexity index is 620. The Morgan fingerprint density at radius 3 is 2.41 bits per heavy atom. The van der Waals surface area contributed by atoms with Gasteiger partial charge in [-0.25, -0.2) is 8.42 Å². The molecular formula is C16H22N2O3S. The van der Waals surface area contributed by atoms with Crippen molar-refractivity contribution in [3.8, 4) is 0 Å². The molecule has 0 aliphatic heterocycles. The maximum absolute atomic E-state index is 12.6. The van der Waals surface area contributed by atoms with Crippen LogP contribution >= 0.6 is 0 Å². The fourth-order valence-electron chi connectivity index (χ4n) is 2.78. The van der Waals surface area contributed by atoms with Crippen molar-refractivity contribution in [2.75, 3.05) is 6.54 Å². The monoisotopic (exact) mass is 322 g/mol. The molecule has 6 heteroatoms. The van der Waals surface area contributed by atoms with Gasteiger partial charge in [0.25, 0.3) is 0 Å². The molecule has 1 fully saturated rings. The van der Waals surface area contributed by atoms with Gasteiger partial charge in [-0.3, -0.25) is 4.79 Å². The van der Waals surface area contributed by atoms with Gasteiger partial charge in [-0.2, -0.15) is 4.72 Å². The highest BCUT2D eigenvalue weighted by molar-refractivity contribution is 7.89. The summed E-state index contributed by atoms with van der Waals surface area (Å²) in [5.41, 5.74) is -1.06. The molecule has 2 rings (SSSR count). The largest absolute Gasteiger partial charge is 0.351 e. The van der Waals surface area contributed by atoms with Gasteiger partial charge in [0.05, 0.1) is 4.90 Å². The summed E-state index contributed by atoms with van der Waals surface area (Å²) in [6.45, 7) is 3.90. The van der Waals surface area contributed by atoms with Crippen LogP contribution in [0.1, 0.15) is 32.1 Å². The van der Waals surface area contributed by atoms with E-state index in [1.807, 2.05) is 0 Å². The lowest BCUT2D eigenvalue weighted by atomic mass is 9.82. The van der Waals surface area contributed by atoms with Gasteiger partial charge in [0.2, 0.25) is 15.9 Å². The average molecular weight is 322 g/mol. The molecule has 1 aromatic carbocycles. The van der Waals surface area contributed by atoms with E-state index >= 15 is 0 Å². The van der Waals surface area contributed by atoms with Crippen molar-refractivity contribution in [1.82, 2.24) is 10.0 Å². The van der Waals surface area contributed by atoms with Crippen molar-refractivity contribution in [1.29, 1.82) is 0 Å². The minimum absolute atomic E-state index is 0.177. The second-order valence-corrected chi connectivity index (χ2v) is 7.24. The van der Waals surface area contributed by atoms with Crippen molar-refractivity contribution in [3.05, 3.63) is 43.0 Å². The van der Waals surface area contributed by atoms with Gasteiger partial charge in [0, 0.05) is 6.54 Å². The molecule has 1 aliphatic rings. The predicted octanol–water partition coefficient (Wildman–Crippen LogP) is 1.97. The van der Waals surface area contributed by atoms with Crippen LogP contribution in [0.5, 0.6) is 0 Å². The summed E-state index contributed by atoms with van der Waals surface area (Å²) >= 11 is 0. The minimum atomic E-state index is -3.73. The normalized spacial score (nSPS) is 17.6. The molecule has 22 heavy (non-hydrogen) atoms. The first kappa shape index (κ1) is 16.7. The highest BCUT2D eigenvalue weighted by atomic mass is 32.2. The van der Waals surface area contributed by atoms with E-state index in [1.54, 1.807) is 24.3 Å². The molecule has 0 spiro atoms. The van der Waals surface area contributed by atoms with Gasteiger partial charge < -0.3 is 5.32 Å². The fourth-order valence-corrected chi connectivity index (χ4v) is 4.23. The molecular weight excluding hydrogens is 300 g/mol. The molecule has 1 aromatic rings. The van der Waals surface area contributed by atoms with E-state index in [4.69, 9.17) is 0 Å². The van der Waals surface area contributed by atoms with E-state index in [9.17, 15) is 13.2 Å². The highest BCUT2D eigenvalue weighted by Gasteiger charge is 2.42. The molecule has 1 aliphatic carbocycles. The van der Waals surface area contributed by atoms with Crippen molar-refractivity contribution >= 4 is 15.9 Å². The molecule has 2 N–H and O–H groups in total. The lowest BCUT2D eigenvalue weighted by molar-refractivity contribution is -0.128. The summed E-state index contributed by atoms with van der Waals surface area (Å²) in [5.74, 6) is -0.272. The standard InChI is InChI=1S/C16H22N2O3S/c1-2-13-17-15(19)16(11-7-4-8-12-16)18-22(20,21)14-9-5-3-6-10-14/h2-3,5-6,9-10,18H,1,4,7-8,11-13H2,(H,17,19). The van der Waals surface area contributed by atoms with Crippen molar-refractivity contribution in [2.24, 2.45) is 0 Å². The fraction of sp³-hybridized carbons (Fsp3) is 0.438. The summed E-state index contributed by atoms with van der Waals surface area (Å²) in [4.78, 5) is 12.7. The van der Waals surface area contributed by atoms with Gasteiger partial charge >= 0.3 is 0 Å². The Balaban J connectivity index is 2.26. The van der Waals surface area contributed by atoms with Crippen LogP contribution in [0.2, 0.25) is 0 Å². The SMILES string of the molecule is C=CCNC(=O)C1(NS(=O)(=O)c2ccccc2)CCCCC1. The molecule has 1 saturated carbocycles. The number of nitrogens with one attached hydrogen (secondary N) is 2. The zero-order chi connectivity index (χ0) is 16.1. The summed E-state index contributed by atoms with van der Waals surface area (Å²) < 4.78 is 27.8. The van der Waals surface area contributed by atoms with Crippen LogP contribution in [0.3, 0.4) is 0 Å². The number of sulfonamides is 1. The van der Waals surface area contributed by atoms with Gasteiger partial charge in [-0.15, -0.1) is 6.58 Å². The van der Waals surface area contributed by atoms with Gasteiger partial charge in [-0.05, 0) is 25.0 Å². The molecule has 1 amide bonds. The van der Waals surface area contributed by atoms with Crippen LogP contribution in [-0.4, -0.2) is 26.4 Å². The zero-order valence-electron chi connectivity index (χ0n) is 12.5. The Morgan fingerprint density at radius 1 is 1.18 bits per heavy atom. The topological polar surface area (TPSA) is 75.3 Å². The number of carbonyl (C=O) groups is 1. The van der Waals surface area contributed by atoms with Gasteiger partial charge in [-0.1, -0.05) is 43.5 Å². The third-order valence-electron chi connectivity index (χ3n) is 3.93. The van der Waals surface area contributed by atoms with Crippen LogP contribution in [0.25, 0.3) is 0 Å². The number of hydrogen-bond acceptors (Lipinski definition) is 3. The molecule has 0 atom stereocenters. The van der Waals surface area contributed by atoms with E-state index in [-0.39, 0.29) is 10.8 Å². The third kappa shape index (κ3) is 3.75. The number of amides is 1. The first-order valence-electron chi connectivity index (χ1n) is 7.48. The predicted molar refractivity (Wildman–Crippen MR) is 85.8 cm³/mol. The third-order valence-corrected chi connectivity index (χ3v) is 5.48. The van der Waals surface area contributed by atoms with Crippen LogP contribution in [0.4, 0.5) is 0 Å². The maximum Gasteiger partial charge on any atom is 0.241 e. The molecule has 0 saturated heterocycles. The van der Waals surface area contributed by atoms with Gasteiger partial charge in [0.15, 0.2) is 0 Å². The average Bonchev–Trinajstić information content (AvgIpc) is 2.54. The molecule has 0 bridgehead atoms. The smallest absolute Gasteiger partial charge is 0.241 e. The molecule has 0 aromatic heterocycles. The van der Waals surface area contributed by atoms with Crippen molar-refractivity contribution < 1.29 is 13.2 Å². The number of carbonyl (C=O) groups excluding carboxylic acids is 1. The first-order chi connectivity index (χ1) is 10.5. The number of benzene rings is 1. The van der Waals surface area contributed by atoms with E-state index in [1.165, 1.54) is 12.1 Å². The van der Waals surface area contributed by atoms with Gasteiger partial charge in [0.1, 0.15) is 5.54 Å². The van der Waals surface area contributed by atoms with E-state index < -0.39 is 15.6 Å². The Hall–Kier alpha value is -1.66. The lowest BCUT2D eigenvalue weighted by Crippen LogP contribution is -2.59. The molecule has 5 nitrogen and oxygen atoms in total. The molecule has 0 unspecified atom stereocenters. The Labute approximate surface area is 131 Å². The molecule has 0 radical (unpaired) electrons. The van der Waals surface area contributed by atoms with Crippen LogP contribution in [0.15, 0.2) is 47.9 Å². The molecule has 120 valence electrons. The summed E-state index contributed by atoms with van der Waals surface area (Å²) in [7, 11) is -3.73. The zero-order valence-corrected chi connectivity index (χ0v) is 13.4. The second-order valence-electron chi connectivity index (χ2n) is 5.56.